The largest absolute Gasteiger partial charge is 0.361 e. The quantitative estimate of drug-likeness (QED) is 0.509. The van der Waals surface area contributed by atoms with E-state index in [9.17, 15) is 5.26 Å². The average molecular weight is 301 g/mol. The molecule has 0 N–H and O–H groups in total. The van der Waals surface area contributed by atoms with E-state index >= 15 is 0 Å². The summed E-state index contributed by atoms with van der Waals surface area (Å²) in [5.41, 5.74) is -0.758. The van der Waals surface area contributed by atoms with Gasteiger partial charge < -0.3 is 4.52 Å². The minimum atomic E-state index is -0.758. The fourth-order valence-corrected chi connectivity index (χ4v) is 3.68. The molecule has 0 spiro atoms. The molecule has 0 radical (unpaired) electrons. The first-order chi connectivity index (χ1) is 9.15. The Kier molecular flexibility index (Phi) is 8.21. The molecule has 5 heteroatoms. The third kappa shape index (κ3) is 4.15. The van der Waals surface area contributed by atoms with Crippen LogP contribution in [0.2, 0.25) is 0 Å². The molecule has 4 nitrogen and oxygen atoms in total. The van der Waals surface area contributed by atoms with Gasteiger partial charge in [0.05, 0.1) is 6.61 Å². The van der Waals surface area contributed by atoms with E-state index < -0.39 is 5.66 Å². The second-order valence-corrected chi connectivity index (χ2v) is 6.76. The van der Waals surface area contributed by atoms with E-state index in [0.29, 0.717) is 6.61 Å². The van der Waals surface area contributed by atoms with Gasteiger partial charge in [-0.3, -0.25) is 9.80 Å². The SMILES string of the molecule is CC(C)N(C(C)C)C(C#N)(COP)N(C(C)C)C(C)C. The van der Waals surface area contributed by atoms with Gasteiger partial charge in [-0.1, -0.05) is 0 Å². The summed E-state index contributed by atoms with van der Waals surface area (Å²) in [4.78, 5) is 4.49. The topological polar surface area (TPSA) is 39.5 Å². The van der Waals surface area contributed by atoms with Crippen LogP contribution in [-0.2, 0) is 4.52 Å². The van der Waals surface area contributed by atoms with E-state index in [1.807, 2.05) is 0 Å². The average Bonchev–Trinajstić information content (AvgIpc) is 2.26. The van der Waals surface area contributed by atoms with Crippen molar-refractivity contribution in [2.75, 3.05) is 6.61 Å². The van der Waals surface area contributed by atoms with Gasteiger partial charge in [-0.25, -0.2) is 0 Å². The zero-order chi connectivity index (χ0) is 16.1. The van der Waals surface area contributed by atoms with Crippen LogP contribution in [0.1, 0.15) is 55.4 Å². The maximum Gasteiger partial charge on any atom is 0.188 e. The number of hydrogen-bond acceptors (Lipinski definition) is 4. The molecule has 0 aromatic heterocycles. The van der Waals surface area contributed by atoms with E-state index in [1.165, 1.54) is 0 Å². The summed E-state index contributed by atoms with van der Waals surface area (Å²) in [6.07, 6.45) is 0. The smallest absolute Gasteiger partial charge is 0.188 e. The van der Waals surface area contributed by atoms with Gasteiger partial charge in [-0.05, 0) is 55.4 Å². The minimum absolute atomic E-state index is 0.259. The highest BCUT2D eigenvalue weighted by molar-refractivity contribution is 7.09. The summed E-state index contributed by atoms with van der Waals surface area (Å²) in [5, 5.41) is 10.0. The highest BCUT2D eigenvalue weighted by atomic mass is 31.0. The maximum atomic E-state index is 10.0. The van der Waals surface area contributed by atoms with Crippen molar-refractivity contribution in [2.24, 2.45) is 0 Å². The molecule has 0 amide bonds. The lowest BCUT2D eigenvalue weighted by Gasteiger charge is -2.52. The molecule has 0 fully saturated rings. The summed E-state index contributed by atoms with van der Waals surface area (Å²) in [6, 6.07) is 3.59. The Morgan fingerprint density at radius 2 is 1.20 bits per heavy atom. The maximum absolute atomic E-state index is 10.0. The zero-order valence-electron chi connectivity index (χ0n) is 14.3. The summed E-state index contributed by atoms with van der Waals surface area (Å²) < 4.78 is 5.37. The van der Waals surface area contributed by atoms with Crippen molar-refractivity contribution in [3.8, 4) is 6.07 Å². The first kappa shape index (κ1) is 19.8. The van der Waals surface area contributed by atoms with Crippen molar-refractivity contribution in [1.82, 2.24) is 9.80 Å². The van der Waals surface area contributed by atoms with E-state index in [4.69, 9.17) is 4.52 Å². The van der Waals surface area contributed by atoms with Crippen LogP contribution < -0.4 is 0 Å². The lowest BCUT2D eigenvalue weighted by Crippen LogP contribution is -2.69. The van der Waals surface area contributed by atoms with Crippen LogP contribution in [0.4, 0.5) is 0 Å². The molecule has 20 heavy (non-hydrogen) atoms. The molecular formula is C15H32N3OP. The van der Waals surface area contributed by atoms with Crippen LogP contribution in [0.5, 0.6) is 0 Å². The minimum Gasteiger partial charge on any atom is -0.361 e. The molecule has 118 valence electrons. The van der Waals surface area contributed by atoms with Crippen molar-refractivity contribution in [2.45, 2.75) is 85.2 Å². The Hall–Kier alpha value is -0.200. The van der Waals surface area contributed by atoms with Crippen LogP contribution in [0.3, 0.4) is 0 Å². The van der Waals surface area contributed by atoms with Crippen molar-refractivity contribution < 1.29 is 4.52 Å². The number of nitriles is 1. The van der Waals surface area contributed by atoms with Gasteiger partial charge >= 0.3 is 0 Å². The molecule has 1 unspecified atom stereocenters. The molecule has 0 saturated heterocycles. The molecular weight excluding hydrogens is 269 g/mol. The fraction of sp³-hybridized carbons (Fsp3) is 0.933. The van der Waals surface area contributed by atoms with Crippen molar-refractivity contribution in [3.05, 3.63) is 0 Å². The molecule has 0 rings (SSSR count). The first-order valence-corrected chi connectivity index (χ1v) is 7.92. The fourth-order valence-electron chi connectivity index (χ4n) is 3.45. The molecule has 0 aliphatic rings. The second-order valence-electron chi connectivity index (χ2n) is 6.43. The van der Waals surface area contributed by atoms with Crippen LogP contribution in [0.15, 0.2) is 0 Å². The normalized spacial score (nSPS) is 13.3. The highest BCUT2D eigenvalue weighted by Gasteiger charge is 2.47. The van der Waals surface area contributed by atoms with Crippen LogP contribution in [0.25, 0.3) is 0 Å². The predicted octanol–water partition coefficient (Wildman–Crippen LogP) is 3.25. The molecule has 0 aromatic carbocycles. The van der Waals surface area contributed by atoms with E-state index in [0.717, 1.165) is 0 Å². The van der Waals surface area contributed by atoms with Gasteiger partial charge in [-0.2, -0.15) is 5.26 Å². The lowest BCUT2D eigenvalue weighted by atomic mass is 9.99. The first-order valence-electron chi connectivity index (χ1n) is 7.45. The molecule has 0 aliphatic carbocycles. The zero-order valence-corrected chi connectivity index (χ0v) is 15.5. The third-order valence-corrected chi connectivity index (χ3v) is 3.71. The highest BCUT2D eigenvalue weighted by Crippen LogP contribution is 2.30. The lowest BCUT2D eigenvalue weighted by molar-refractivity contribution is -0.103. The Balaban J connectivity index is 5.99. The summed E-state index contributed by atoms with van der Waals surface area (Å²) in [7, 11) is 2.29. The molecule has 0 aromatic rings. The Morgan fingerprint density at radius 3 is 1.35 bits per heavy atom. The third-order valence-electron chi connectivity index (χ3n) is 3.54. The molecule has 0 saturated carbocycles. The van der Waals surface area contributed by atoms with Crippen molar-refractivity contribution in [1.29, 1.82) is 5.26 Å². The summed E-state index contributed by atoms with van der Waals surface area (Å²) in [5.74, 6) is 0. The predicted molar refractivity (Wildman–Crippen MR) is 88.2 cm³/mol. The number of nitrogens with zero attached hydrogens (tertiary/aromatic N) is 3. The van der Waals surface area contributed by atoms with Crippen LogP contribution >= 0.6 is 9.47 Å². The Bertz CT molecular complexity index is 288. The van der Waals surface area contributed by atoms with Gasteiger partial charge in [0.1, 0.15) is 6.07 Å². The summed E-state index contributed by atoms with van der Waals surface area (Å²) in [6.45, 7) is 17.4. The second kappa shape index (κ2) is 8.29. The van der Waals surface area contributed by atoms with Gasteiger partial charge in [0.15, 0.2) is 5.66 Å². The van der Waals surface area contributed by atoms with Crippen LogP contribution in [-0.4, -0.2) is 46.2 Å². The molecule has 1 atom stereocenters. The number of hydrogen-bond donors (Lipinski definition) is 0. The number of rotatable bonds is 8. The van der Waals surface area contributed by atoms with Crippen molar-refractivity contribution in [3.63, 3.8) is 0 Å². The Morgan fingerprint density at radius 1 is 0.900 bits per heavy atom. The van der Waals surface area contributed by atoms with E-state index in [-0.39, 0.29) is 24.2 Å². The van der Waals surface area contributed by atoms with E-state index in [1.54, 1.807) is 0 Å². The molecule has 0 bridgehead atoms. The van der Waals surface area contributed by atoms with E-state index in [2.05, 4.69) is 80.7 Å². The monoisotopic (exact) mass is 301 g/mol. The standard InChI is InChI=1S/C15H32N3OP/c1-11(2)17(12(3)4)15(9-16,10-19-20)18(13(5)6)14(7)8/h11-14H,10,20H2,1-8H3. The Labute approximate surface area is 127 Å². The van der Waals surface area contributed by atoms with Gasteiger partial charge in [0.25, 0.3) is 0 Å². The summed E-state index contributed by atoms with van der Waals surface area (Å²) >= 11 is 0. The van der Waals surface area contributed by atoms with Gasteiger partial charge in [0, 0.05) is 33.6 Å². The van der Waals surface area contributed by atoms with Crippen molar-refractivity contribution >= 4 is 9.47 Å². The van der Waals surface area contributed by atoms with Gasteiger partial charge in [0.2, 0.25) is 0 Å². The molecule has 0 aliphatic heterocycles. The van der Waals surface area contributed by atoms with Gasteiger partial charge in [-0.15, -0.1) is 0 Å². The van der Waals surface area contributed by atoms with Crippen LogP contribution in [0, 0.1) is 11.3 Å². The molecule has 0 heterocycles.